The fourth-order valence-electron chi connectivity index (χ4n) is 1.87. The molecule has 1 unspecified atom stereocenters. The minimum absolute atomic E-state index is 0. The zero-order chi connectivity index (χ0) is 18.5. The maximum atomic E-state index is 11.9. The molecule has 0 saturated carbocycles. The monoisotopic (exact) mass is 395 g/mol. The third kappa shape index (κ3) is 6.46. The van der Waals surface area contributed by atoms with Gasteiger partial charge >= 0.3 is 0 Å². The van der Waals surface area contributed by atoms with Gasteiger partial charge in [-0.3, -0.25) is 14.9 Å². The molecule has 0 radical (unpaired) electrons. The van der Waals surface area contributed by atoms with Crippen LogP contribution in [-0.2, 0) is 14.8 Å². The van der Waals surface area contributed by atoms with Gasteiger partial charge in [0, 0.05) is 38.7 Å². The quantitative estimate of drug-likeness (QED) is 0.420. The molecule has 12 heteroatoms. The molecule has 10 nitrogen and oxygen atoms in total. The van der Waals surface area contributed by atoms with E-state index in [-0.39, 0.29) is 47.9 Å². The number of hydrogen-bond donors (Lipinski definition) is 3. The van der Waals surface area contributed by atoms with Crippen molar-refractivity contribution in [3.8, 4) is 0 Å². The number of carbonyl (C=O) groups is 1. The van der Waals surface area contributed by atoms with E-state index in [1.54, 1.807) is 7.05 Å². The summed E-state index contributed by atoms with van der Waals surface area (Å²) in [5.74, 6) is -0.163. The van der Waals surface area contributed by atoms with Gasteiger partial charge in [-0.05, 0) is 19.1 Å². The molecule has 0 aromatic heterocycles. The summed E-state index contributed by atoms with van der Waals surface area (Å²) in [5.41, 5.74) is 5.16. The smallest absolute Gasteiger partial charge is 0.293 e. The number of primary sulfonamides is 1. The highest BCUT2D eigenvalue weighted by Gasteiger charge is 2.19. The molecule has 25 heavy (non-hydrogen) atoms. The molecule has 0 bridgehead atoms. The molecular weight excluding hydrogens is 374 g/mol. The lowest BCUT2D eigenvalue weighted by Gasteiger charge is -2.23. The fourth-order valence-corrected chi connectivity index (χ4v) is 2.41. The lowest BCUT2D eigenvalue weighted by Crippen LogP contribution is -2.40. The van der Waals surface area contributed by atoms with Gasteiger partial charge in [-0.25, -0.2) is 13.6 Å². The summed E-state index contributed by atoms with van der Waals surface area (Å²) in [4.78, 5) is 23.4. The Bertz CT molecular complexity index is 728. The van der Waals surface area contributed by atoms with Gasteiger partial charge < -0.3 is 16.0 Å². The third-order valence-electron chi connectivity index (χ3n) is 3.54. The second-order valence-electron chi connectivity index (χ2n) is 5.25. The fraction of sp³-hybridized carbons (Fsp3) is 0.462. The Labute approximate surface area is 152 Å². The molecule has 0 saturated heterocycles. The van der Waals surface area contributed by atoms with Crippen LogP contribution in [0, 0.1) is 10.1 Å². The molecule has 0 spiro atoms. The lowest BCUT2D eigenvalue weighted by atomic mass is 10.2. The summed E-state index contributed by atoms with van der Waals surface area (Å²) in [6.07, 6.45) is 0.106. The van der Waals surface area contributed by atoms with E-state index in [0.29, 0.717) is 6.54 Å². The minimum atomic E-state index is -4.04. The molecule has 1 aromatic carbocycles. The molecule has 142 valence electrons. The van der Waals surface area contributed by atoms with Gasteiger partial charge in [-0.2, -0.15) is 0 Å². The highest BCUT2D eigenvalue weighted by atomic mass is 35.5. The van der Waals surface area contributed by atoms with Crippen LogP contribution in [-0.4, -0.2) is 50.3 Å². The van der Waals surface area contributed by atoms with Crippen molar-refractivity contribution in [2.45, 2.75) is 24.3 Å². The first-order chi connectivity index (χ1) is 11.1. The van der Waals surface area contributed by atoms with Gasteiger partial charge in [0.15, 0.2) is 0 Å². The molecule has 0 aliphatic carbocycles. The summed E-state index contributed by atoms with van der Waals surface area (Å²) in [6, 6.07) is 3.17. The number of nitrogens with one attached hydrogen (secondary N) is 1. The number of amides is 1. The van der Waals surface area contributed by atoms with E-state index in [9.17, 15) is 23.3 Å². The number of nitrogens with zero attached hydrogens (tertiary/aromatic N) is 2. The molecule has 0 aliphatic rings. The van der Waals surface area contributed by atoms with Crippen LogP contribution < -0.4 is 16.2 Å². The number of nitrogens with two attached hydrogens (primary N) is 2. The van der Waals surface area contributed by atoms with E-state index < -0.39 is 20.6 Å². The molecule has 1 atom stereocenters. The van der Waals surface area contributed by atoms with Crippen molar-refractivity contribution in [3.05, 3.63) is 28.3 Å². The molecule has 0 aliphatic heterocycles. The zero-order valence-electron chi connectivity index (χ0n) is 13.8. The third-order valence-corrected chi connectivity index (χ3v) is 4.46. The number of rotatable bonds is 8. The van der Waals surface area contributed by atoms with Crippen molar-refractivity contribution >= 4 is 39.7 Å². The van der Waals surface area contributed by atoms with E-state index in [2.05, 4.69) is 5.32 Å². The summed E-state index contributed by atoms with van der Waals surface area (Å²) in [5, 5.41) is 18.8. The molecule has 0 fully saturated rings. The van der Waals surface area contributed by atoms with Crippen LogP contribution in [0.1, 0.15) is 13.3 Å². The number of likely N-dealkylation sites (N-methyl/N-ethyl adjacent to an activating group) is 1. The topological polar surface area (TPSA) is 162 Å². The predicted octanol–water partition coefficient (Wildman–Crippen LogP) is 0.272. The summed E-state index contributed by atoms with van der Waals surface area (Å²) in [6.45, 7) is 2.29. The Hall–Kier alpha value is -1.95. The number of nitro groups is 1. The van der Waals surface area contributed by atoms with Crippen LogP contribution in [0.5, 0.6) is 0 Å². The predicted molar refractivity (Wildman–Crippen MR) is 96.1 cm³/mol. The summed E-state index contributed by atoms with van der Waals surface area (Å²) in [7, 11) is -2.41. The van der Waals surface area contributed by atoms with Crippen LogP contribution in [0.2, 0.25) is 0 Å². The van der Waals surface area contributed by atoms with Crippen LogP contribution >= 0.6 is 12.4 Å². The number of benzene rings is 1. The number of halogens is 1. The molecule has 1 aromatic rings. The Kier molecular flexibility index (Phi) is 8.77. The van der Waals surface area contributed by atoms with Crippen molar-refractivity contribution in [1.82, 2.24) is 4.90 Å². The maximum absolute atomic E-state index is 11.9. The number of carbonyl (C=O) groups excluding carboxylic acids is 1. The highest BCUT2D eigenvalue weighted by Crippen LogP contribution is 2.27. The number of anilines is 1. The largest absolute Gasteiger partial charge is 0.379 e. The van der Waals surface area contributed by atoms with E-state index in [4.69, 9.17) is 10.9 Å². The SMILES string of the molecule is CC(CN)N(C)C(=O)CCNc1ccc(S(N)(=O)=O)cc1[N+](=O)[O-].Cl. The van der Waals surface area contributed by atoms with Crippen LogP contribution in [0.15, 0.2) is 23.1 Å². The first-order valence-electron chi connectivity index (χ1n) is 7.08. The van der Waals surface area contributed by atoms with E-state index in [1.165, 1.54) is 11.0 Å². The molecule has 1 amide bonds. The normalized spacial score (nSPS) is 12.0. The van der Waals surface area contributed by atoms with Crippen molar-refractivity contribution in [1.29, 1.82) is 0 Å². The average molecular weight is 396 g/mol. The van der Waals surface area contributed by atoms with Gasteiger partial charge in [-0.15, -0.1) is 12.4 Å². The van der Waals surface area contributed by atoms with E-state index in [1.807, 2.05) is 6.92 Å². The molecule has 1 rings (SSSR count). The van der Waals surface area contributed by atoms with Gasteiger partial charge in [0.05, 0.1) is 9.82 Å². The summed E-state index contributed by atoms with van der Waals surface area (Å²) >= 11 is 0. The minimum Gasteiger partial charge on any atom is -0.379 e. The first kappa shape index (κ1) is 23.1. The van der Waals surface area contributed by atoms with Gasteiger partial charge in [0.1, 0.15) is 5.69 Å². The van der Waals surface area contributed by atoms with E-state index in [0.717, 1.165) is 12.1 Å². The van der Waals surface area contributed by atoms with Crippen LogP contribution in [0.25, 0.3) is 0 Å². The molecule has 0 heterocycles. The maximum Gasteiger partial charge on any atom is 0.293 e. The van der Waals surface area contributed by atoms with Gasteiger partial charge in [-0.1, -0.05) is 0 Å². The number of hydrogen-bond acceptors (Lipinski definition) is 7. The second-order valence-corrected chi connectivity index (χ2v) is 6.81. The Balaban J connectivity index is 0.00000576. The van der Waals surface area contributed by atoms with Crippen molar-refractivity contribution < 1.29 is 18.1 Å². The van der Waals surface area contributed by atoms with Crippen molar-refractivity contribution in [2.24, 2.45) is 10.9 Å². The number of nitro benzene ring substituents is 1. The van der Waals surface area contributed by atoms with Crippen LogP contribution in [0.3, 0.4) is 0 Å². The zero-order valence-corrected chi connectivity index (χ0v) is 15.5. The van der Waals surface area contributed by atoms with Crippen molar-refractivity contribution in [3.63, 3.8) is 0 Å². The molecule has 5 N–H and O–H groups in total. The standard InChI is InChI=1S/C13H21N5O5S.ClH/c1-9(8-14)17(2)13(19)5-6-16-11-4-3-10(24(15,22)23)7-12(11)18(20)21;/h3-4,7,9,16H,5-6,8,14H2,1-2H3,(H2,15,22,23);1H. The van der Waals surface area contributed by atoms with E-state index >= 15 is 0 Å². The average Bonchev–Trinajstić information content (AvgIpc) is 2.52. The Morgan fingerprint density at radius 1 is 1.44 bits per heavy atom. The highest BCUT2D eigenvalue weighted by molar-refractivity contribution is 7.89. The Morgan fingerprint density at radius 2 is 2.04 bits per heavy atom. The van der Waals surface area contributed by atoms with Gasteiger partial charge in [0.25, 0.3) is 5.69 Å². The number of sulfonamides is 1. The summed E-state index contributed by atoms with van der Waals surface area (Å²) < 4.78 is 22.5. The van der Waals surface area contributed by atoms with Crippen LogP contribution in [0.4, 0.5) is 11.4 Å². The molecular formula is C13H22ClN5O5S. The Morgan fingerprint density at radius 3 is 2.52 bits per heavy atom. The van der Waals surface area contributed by atoms with Crippen molar-refractivity contribution in [2.75, 3.05) is 25.5 Å². The first-order valence-corrected chi connectivity index (χ1v) is 8.63. The lowest BCUT2D eigenvalue weighted by molar-refractivity contribution is -0.384. The second kappa shape index (κ2) is 9.51. The van der Waals surface area contributed by atoms with Gasteiger partial charge in [0.2, 0.25) is 15.9 Å².